The molecular formula is C23H16N4O4S. The molecule has 1 aliphatic heterocycles. The van der Waals surface area contributed by atoms with E-state index in [-0.39, 0.29) is 16.8 Å². The second-order valence-corrected chi connectivity index (χ2v) is 8.18. The minimum absolute atomic E-state index is 0.0233. The van der Waals surface area contributed by atoms with Gasteiger partial charge in [-0.15, -0.1) is 5.10 Å². The number of carbonyl (C=O) groups excluding carboxylic acids is 1. The average Bonchev–Trinajstić information content (AvgIpc) is 3.47. The lowest BCUT2D eigenvalue weighted by atomic mass is 10.0. The molecule has 2 aromatic carbocycles. The molecule has 158 valence electrons. The van der Waals surface area contributed by atoms with Crippen LogP contribution >= 0.6 is 11.3 Å². The Kier molecular flexibility index (Phi) is 4.87. The van der Waals surface area contributed by atoms with Gasteiger partial charge in [-0.1, -0.05) is 59.9 Å². The summed E-state index contributed by atoms with van der Waals surface area (Å²) in [5.74, 6) is -0.135. The average molecular weight is 444 g/mol. The number of carbonyl (C=O) groups is 1. The highest BCUT2D eigenvalue weighted by atomic mass is 32.1. The van der Waals surface area contributed by atoms with E-state index in [9.17, 15) is 14.9 Å². The fourth-order valence-electron chi connectivity index (χ4n) is 3.57. The van der Waals surface area contributed by atoms with Crippen LogP contribution in [-0.2, 0) is 9.53 Å². The van der Waals surface area contributed by atoms with Crippen molar-refractivity contribution in [1.82, 2.24) is 9.99 Å². The Morgan fingerprint density at radius 1 is 1.09 bits per heavy atom. The normalized spacial score (nSPS) is 15.5. The van der Waals surface area contributed by atoms with E-state index in [4.69, 9.17) is 9.72 Å². The molecule has 2 aromatic heterocycles. The Morgan fingerprint density at radius 2 is 1.84 bits per heavy atom. The molecule has 4 aromatic rings. The number of hydrazone groups is 1. The summed E-state index contributed by atoms with van der Waals surface area (Å²) in [6.45, 7) is 1.40. The maximum Gasteiger partial charge on any atom is 0.324 e. The number of thiophene rings is 1. The van der Waals surface area contributed by atoms with Crippen LogP contribution in [0.4, 0.5) is 5.00 Å². The van der Waals surface area contributed by atoms with Crippen LogP contribution in [0.2, 0.25) is 0 Å². The number of nitrogens with zero attached hydrogens (tertiary/aromatic N) is 4. The molecule has 3 heterocycles. The van der Waals surface area contributed by atoms with Crippen molar-refractivity contribution in [2.45, 2.75) is 13.2 Å². The molecule has 32 heavy (non-hydrogen) atoms. The molecule has 0 unspecified atom stereocenters. The minimum Gasteiger partial charge on any atom is -0.445 e. The van der Waals surface area contributed by atoms with Gasteiger partial charge >= 0.3 is 5.00 Å². The Morgan fingerprint density at radius 3 is 2.56 bits per heavy atom. The molecule has 5 rings (SSSR count). The molecule has 1 aliphatic rings. The van der Waals surface area contributed by atoms with Crippen molar-refractivity contribution in [1.29, 1.82) is 0 Å². The third-order valence-electron chi connectivity index (χ3n) is 5.03. The maximum atomic E-state index is 12.4. The molecule has 9 heteroatoms. The second-order valence-electron chi connectivity index (χ2n) is 7.11. The maximum absolute atomic E-state index is 12.4. The van der Waals surface area contributed by atoms with Gasteiger partial charge in [0.25, 0.3) is 5.90 Å². The van der Waals surface area contributed by atoms with Crippen LogP contribution in [0, 0.1) is 10.1 Å². The van der Waals surface area contributed by atoms with E-state index in [0.29, 0.717) is 4.88 Å². The molecule has 0 aliphatic carbocycles. The number of aromatic nitrogens is 1. The zero-order valence-electron chi connectivity index (χ0n) is 16.8. The van der Waals surface area contributed by atoms with Gasteiger partial charge in [0, 0.05) is 29.5 Å². The predicted molar refractivity (Wildman–Crippen MR) is 121 cm³/mol. The standard InChI is InChI=1S/C23H16N4O4S/c1-14(28)26-23(31-22(25-26)20-11-12-21(32-20)27(29)30)17-13-19(15-7-3-2-4-8-15)24-18-10-6-5-9-16(17)18/h2-13,23H,1H3/t23-/m0/s1. The number of ether oxygens (including phenoxy) is 1. The SMILES string of the molecule is CC(=O)N1N=C(c2ccc([N+](=O)[O-])s2)O[C@H]1c1cc(-c2ccccc2)nc2ccccc12. The van der Waals surface area contributed by atoms with E-state index < -0.39 is 11.2 Å². The van der Waals surface area contributed by atoms with Crippen LogP contribution in [0.3, 0.4) is 0 Å². The molecule has 0 saturated heterocycles. The van der Waals surface area contributed by atoms with Crippen molar-refractivity contribution in [3.63, 3.8) is 0 Å². The number of para-hydroxylation sites is 1. The zero-order chi connectivity index (χ0) is 22.2. The van der Waals surface area contributed by atoms with Crippen molar-refractivity contribution in [2.24, 2.45) is 5.10 Å². The van der Waals surface area contributed by atoms with Crippen LogP contribution in [-0.4, -0.2) is 26.7 Å². The summed E-state index contributed by atoms with van der Waals surface area (Å²) in [5.41, 5.74) is 3.17. The zero-order valence-corrected chi connectivity index (χ0v) is 17.7. The molecule has 0 N–H and O–H groups in total. The molecule has 0 bridgehead atoms. The number of rotatable bonds is 4. The Labute approximate surface area is 186 Å². The highest BCUT2D eigenvalue weighted by molar-refractivity contribution is 7.17. The van der Waals surface area contributed by atoms with E-state index in [1.165, 1.54) is 18.0 Å². The van der Waals surface area contributed by atoms with E-state index in [1.807, 2.05) is 60.7 Å². The van der Waals surface area contributed by atoms with Crippen molar-refractivity contribution in [3.8, 4) is 11.3 Å². The van der Waals surface area contributed by atoms with Crippen LogP contribution in [0.5, 0.6) is 0 Å². The quantitative estimate of drug-likeness (QED) is 0.322. The number of benzene rings is 2. The number of hydrogen-bond acceptors (Lipinski definition) is 7. The van der Waals surface area contributed by atoms with Gasteiger partial charge < -0.3 is 4.74 Å². The number of nitro groups is 1. The Bertz CT molecular complexity index is 1380. The fourth-order valence-corrected chi connectivity index (χ4v) is 4.32. The highest BCUT2D eigenvalue weighted by Crippen LogP contribution is 2.37. The predicted octanol–water partition coefficient (Wildman–Crippen LogP) is 5.11. The molecular weight excluding hydrogens is 428 g/mol. The van der Waals surface area contributed by atoms with Crippen LogP contribution in [0.25, 0.3) is 22.2 Å². The van der Waals surface area contributed by atoms with Crippen molar-refractivity contribution >= 4 is 39.0 Å². The fraction of sp³-hybridized carbons (Fsp3) is 0.0870. The first-order chi connectivity index (χ1) is 15.5. The van der Waals surface area contributed by atoms with Crippen molar-refractivity contribution in [3.05, 3.63) is 93.4 Å². The molecule has 1 amide bonds. The number of hydrogen-bond donors (Lipinski definition) is 0. The summed E-state index contributed by atoms with van der Waals surface area (Å²) >= 11 is 0.948. The number of fused-ring (bicyclic) bond motifs is 1. The molecule has 0 radical (unpaired) electrons. The van der Waals surface area contributed by atoms with Gasteiger partial charge in [-0.3, -0.25) is 14.9 Å². The van der Waals surface area contributed by atoms with Gasteiger partial charge in [-0.05, 0) is 18.2 Å². The van der Waals surface area contributed by atoms with E-state index in [1.54, 1.807) is 6.07 Å². The third-order valence-corrected chi connectivity index (χ3v) is 6.06. The number of amides is 1. The molecule has 0 spiro atoms. The van der Waals surface area contributed by atoms with Crippen LogP contribution in [0.1, 0.15) is 23.6 Å². The van der Waals surface area contributed by atoms with Gasteiger partial charge in [0.1, 0.15) is 0 Å². The van der Waals surface area contributed by atoms with Gasteiger partial charge in [0.05, 0.1) is 21.0 Å². The molecule has 0 saturated carbocycles. The monoisotopic (exact) mass is 444 g/mol. The topological polar surface area (TPSA) is 97.9 Å². The summed E-state index contributed by atoms with van der Waals surface area (Å²) in [5, 5.41) is 17.5. The van der Waals surface area contributed by atoms with E-state index in [2.05, 4.69) is 5.10 Å². The Balaban J connectivity index is 1.62. The largest absolute Gasteiger partial charge is 0.445 e. The second kappa shape index (κ2) is 7.86. The highest BCUT2D eigenvalue weighted by Gasteiger charge is 2.35. The summed E-state index contributed by atoms with van der Waals surface area (Å²) < 4.78 is 6.11. The Hall–Kier alpha value is -4.11. The smallest absolute Gasteiger partial charge is 0.324 e. The summed E-state index contributed by atoms with van der Waals surface area (Å²) in [4.78, 5) is 28.3. The van der Waals surface area contributed by atoms with Crippen LogP contribution in [0.15, 0.2) is 77.9 Å². The number of pyridine rings is 1. The molecule has 1 atom stereocenters. The van der Waals surface area contributed by atoms with Crippen molar-refractivity contribution < 1.29 is 14.5 Å². The van der Waals surface area contributed by atoms with Crippen molar-refractivity contribution in [2.75, 3.05) is 0 Å². The minimum atomic E-state index is -0.820. The summed E-state index contributed by atoms with van der Waals surface area (Å²) in [6, 6.07) is 22.2. The first-order valence-electron chi connectivity index (χ1n) is 9.76. The van der Waals surface area contributed by atoms with Gasteiger partial charge in [-0.25, -0.2) is 4.98 Å². The first-order valence-corrected chi connectivity index (χ1v) is 10.6. The summed E-state index contributed by atoms with van der Waals surface area (Å²) in [6.07, 6.45) is -0.820. The lowest BCUT2D eigenvalue weighted by molar-refractivity contribution is -0.380. The lowest BCUT2D eigenvalue weighted by Crippen LogP contribution is -2.25. The molecule has 0 fully saturated rings. The van der Waals surface area contributed by atoms with Gasteiger partial charge in [-0.2, -0.15) is 5.01 Å². The van der Waals surface area contributed by atoms with E-state index in [0.717, 1.165) is 39.1 Å². The van der Waals surface area contributed by atoms with Gasteiger partial charge in [0.15, 0.2) is 0 Å². The summed E-state index contributed by atoms with van der Waals surface area (Å²) in [7, 11) is 0. The van der Waals surface area contributed by atoms with E-state index >= 15 is 0 Å². The van der Waals surface area contributed by atoms with Crippen LogP contribution < -0.4 is 0 Å². The third kappa shape index (κ3) is 3.48. The first kappa shape index (κ1) is 19.8. The molecule has 8 nitrogen and oxygen atoms in total. The lowest BCUT2D eigenvalue weighted by Gasteiger charge is -2.21. The van der Waals surface area contributed by atoms with Gasteiger partial charge in [0.2, 0.25) is 12.1 Å².